The van der Waals surface area contributed by atoms with Crippen LogP contribution in [0.25, 0.3) is 11.6 Å². The lowest BCUT2D eigenvalue weighted by Gasteiger charge is -2.38. The van der Waals surface area contributed by atoms with Crippen molar-refractivity contribution in [2.24, 2.45) is 0 Å². The average Bonchev–Trinajstić information content (AvgIpc) is 3.33. The van der Waals surface area contributed by atoms with Crippen molar-refractivity contribution in [1.82, 2.24) is 20.3 Å². The molecule has 31 heavy (non-hydrogen) atoms. The van der Waals surface area contributed by atoms with E-state index in [2.05, 4.69) is 74.5 Å². The molecule has 0 unspecified atom stereocenters. The Hall–Kier alpha value is -3.49. The standard InChI is InChI=1S/C23H24N6OSi/c1-31(2,3)15-10-18-4-6-19(7-5-18)23(16-24)11-13-29(14-12-23)21-9-8-20(27-28-21)22-25-17-26-30-22/h4-9,17H,11-14H2,1-3H3. The molecule has 156 valence electrons. The first-order valence-corrected chi connectivity index (χ1v) is 13.8. The van der Waals surface area contributed by atoms with Gasteiger partial charge in [0.05, 0.1) is 11.5 Å². The summed E-state index contributed by atoms with van der Waals surface area (Å²) in [5.41, 5.74) is 5.51. The number of aromatic nitrogens is 4. The van der Waals surface area contributed by atoms with Crippen molar-refractivity contribution >= 4 is 13.9 Å². The highest BCUT2D eigenvalue weighted by Gasteiger charge is 2.37. The molecular weight excluding hydrogens is 404 g/mol. The van der Waals surface area contributed by atoms with Gasteiger partial charge in [-0.15, -0.1) is 15.7 Å². The van der Waals surface area contributed by atoms with Gasteiger partial charge >= 0.3 is 0 Å². The summed E-state index contributed by atoms with van der Waals surface area (Å²) in [6, 6.07) is 14.5. The third kappa shape index (κ3) is 4.65. The monoisotopic (exact) mass is 428 g/mol. The van der Waals surface area contributed by atoms with Crippen molar-refractivity contribution in [3.63, 3.8) is 0 Å². The topological polar surface area (TPSA) is 91.7 Å². The predicted molar refractivity (Wildman–Crippen MR) is 121 cm³/mol. The minimum atomic E-state index is -1.41. The van der Waals surface area contributed by atoms with Crippen LogP contribution in [-0.4, -0.2) is 41.5 Å². The van der Waals surface area contributed by atoms with Gasteiger partial charge in [0.2, 0.25) is 0 Å². The summed E-state index contributed by atoms with van der Waals surface area (Å²) in [6.07, 6.45) is 2.80. The lowest BCUT2D eigenvalue weighted by Crippen LogP contribution is -2.42. The van der Waals surface area contributed by atoms with Crippen LogP contribution in [0.15, 0.2) is 47.2 Å². The molecule has 1 fully saturated rings. The molecule has 3 heterocycles. The first-order chi connectivity index (χ1) is 14.9. The highest BCUT2D eigenvalue weighted by Crippen LogP contribution is 2.36. The molecule has 0 atom stereocenters. The number of benzene rings is 1. The van der Waals surface area contributed by atoms with E-state index in [9.17, 15) is 5.26 Å². The summed E-state index contributed by atoms with van der Waals surface area (Å²) in [5, 5.41) is 22.1. The molecule has 2 aromatic heterocycles. The molecule has 7 nitrogen and oxygen atoms in total. The van der Waals surface area contributed by atoms with Gasteiger partial charge in [-0.1, -0.05) is 42.9 Å². The molecule has 0 bridgehead atoms. The predicted octanol–water partition coefficient (Wildman–Crippen LogP) is 3.82. The number of hydrogen-bond donors (Lipinski definition) is 0. The Bertz CT molecular complexity index is 1120. The van der Waals surface area contributed by atoms with Crippen molar-refractivity contribution < 1.29 is 4.52 Å². The molecule has 0 spiro atoms. The lowest BCUT2D eigenvalue weighted by atomic mass is 9.74. The van der Waals surface area contributed by atoms with Crippen molar-refractivity contribution in [2.45, 2.75) is 37.9 Å². The summed E-state index contributed by atoms with van der Waals surface area (Å²) in [6.45, 7) is 8.17. The highest BCUT2D eigenvalue weighted by atomic mass is 28.3. The average molecular weight is 429 g/mol. The maximum atomic E-state index is 10.0. The number of nitriles is 1. The number of nitrogens with zero attached hydrogens (tertiary/aromatic N) is 6. The van der Waals surface area contributed by atoms with E-state index in [0.29, 0.717) is 11.6 Å². The van der Waals surface area contributed by atoms with Gasteiger partial charge in [0.1, 0.15) is 8.07 Å². The van der Waals surface area contributed by atoms with Gasteiger partial charge < -0.3 is 9.42 Å². The van der Waals surface area contributed by atoms with Crippen LogP contribution in [0.2, 0.25) is 19.6 Å². The van der Waals surface area contributed by atoms with Gasteiger partial charge in [0, 0.05) is 18.7 Å². The summed E-state index contributed by atoms with van der Waals surface area (Å²) in [7, 11) is -1.41. The van der Waals surface area contributed by atoms with Gasteiger partial charge in [-0.25, -0.2) is 0 Å². The van der Waals surface area contributed by atoms with Crippen LogP contribution in [0.5, 0.6) is 0 Å². The van der Waals surface area contributed by atoms with Gasteiger partial charge in [-0.2, -0.15) is 10.2 Å². The third-order valence-corrected chi connectivity index (χ3v) is 6.28. The summed E-state index contributed by atoms with van der Waals surface area (Å²) >= 11 is 0. The second-order valence-corrected chi connectivity index (χ2v) is 13.5. The largest absolute Gasteiger partial charge is 0.355 e. The van der Waals surface area contributed by atoms with Crippen LogP contribution in [0, 0.1) is 22.8 Å². The molecule has 4 rings (SSSR count). The van der Waals surface area contributed by atoms with Crippen molar-refractivity contribution in [3.8, 4) is 29.1 Å². The SMILES string of the molecule is C[Si](C)(C)C#Cc1ccc(C2(C#N)CCN(c3ccc(-c4ncno4)nn3)CC2)cc1. The minimum absolute atomic E-state index is 0.346. The minimum Gasteiger partial charge on any atom is -0.355 e. The fourth-order valence-corrected chi connectivity index (χ4v) is 4.13. The molecule has 0 amide bonds. The van der Waals surface area contributed by atoms with Crippen LogP contribution in [0.3, 0.4) is 0 Å². The van der Waals surface area contributed by atoms with E-state index < -0.39 is 13.5 Å². The normalized spacial score (nSPS) is 15.6. The third-order valence-electron chi connectivity index (χ3n) is 5.41. The van der Waals surface area contributed by atoms with Crippen molar-refractivity contribution in [3.05, 3.63) is 53.9 Å². The number of rotatable bonds is 3. The van der Waals surface area contributed by atoms with E-state index in [1.807, 2.05) is 24.3 Å². The summed E-state index contributed by atoms with van der Waals surface area (Å²) < 4.78 is 5.02. The molecule has 8 heteroatoms. The van der Waals surface area contributed by atoms with Crippen LogP contribution in [-0.2, 0) is 5.41 Å². The van der Waals surface area contributed by atoms with Crippen LogP contribution in [0.4, 0.5) is 5.82 Å². The molecule has 0 saturated carbocycles. The molecular formula is C23H24N6OSi. The van der Waals surface area contributed by atoms with Crippen molar-refractivity contribution in [2.75, 3.05) is 18.0 Å². The smallest absolute Gasteiger partial charge is 0.278 e. The molecule has 1 aromatic carbocycles. The second kappa shape index (κ2) is 8.33. The quantitative estimate of drug-likeness (QED) is 0.462. The molecule has 0 N–H and O–H groups in total. The fourth-order valence-electron chi connectivity index (χ4n) is 3.61. The molecule has 1 saturated heterocycles. The maximum Gasteiger partial charge on any atom is 0.278 e. The van der Waals surface area contributed by atoms with Gasteiger partial charge in [-0.05, 0) is 42.7 Å². The summed E-state index contributed by atoms with van der Waals surface area (Å²) in [5.74, 6) is 4.41. The number of anilines is 1. The van der Waals surface area contributed by atoms with Crippen LogP contribution >= 0.6 is 0 Å². The van der Waals surface area contributed by atoms with E-state index in [-0.39, 0.29) is 0 Å². The summed E-state index contributed by atoms with van der Waals surface area (Å²) in [4.78, 5) is 6.15. The Morgan fingerprint density at radius 3 is 2.32 bits per heavy atom. The Morgan fingerprint density at radius 1 is 1.03 bits per heavy atom. The maximum absolute atomic E-state index is 10.0. The van der Waals surface area contributed by atoms with Gasteiger partial charge in [-0.3, -0.25) is 0 Å². The molecule has 0 radical (unpaired) electrons. The molecule has 3 aromatic rings. The van der Waals surface area contributed by atoms with E-state index in [0.717, 1.165) is 42.9 Å². The molecule has 1 aliphatic rings. The van der Waals surface area contributed by atoms with Crippen LogP contribution < -0.4 is 4.90 Å². The second-order valence-electron chi connectivity index (χ2n) is 8.78. The zero-order chi connectivity index (χ0) is 21.9. The Morgan fingerprint density at radius 2 is 1.77 bits per heavy atom. The van der Waals surface area contributed by atoms with E-state index in [4.69, 9.17) is 4.52 Å². The van der Waals surface area contributed by atoms with Gasteiger partial charge in [0.15, 0.2) is 17.8 Å². The number of hydrogen-bond acceptors (Lipinski definition) is 7. The first kappa shape index (κ1) is 20.8. The van der Waals surface area contributed by atoms with E-state index >= 15 is 0 Å². The first-order valence-electron chi connectivity index (χ1n) is 10.3. The lowest BCUT2D eigenvalue weighted by molar-refractivity contribution is 0.413. The van der Waals surface area contributed by atoms with E-state index in [1.165, 1.54) is 6.33 Å². The Kier molecular flexibility index (Phi) is 5.58. The van der Waals surface area contributed by atoms with Gasteiger partial charge in [0.25, 0.3) is 5.89 Å². The molecule has 0 aliphatic carbocycles. The van der Waals surface area contributed by atoms with Crippen LogP contribution in [0.1, 0.15) is 24.0 Å². The Balaban J connectivity index is 1.45. The zero-order valence-electron chi connectivity index (χ0n) is 18.0. The fraction of sp³-hybridized carbons (Fsp3) is 0.348. The number of piperidine rings is 1. The van der Waals surface area contributed by atoms with E-state index in [1.54, 1.807) is 0 Å². The highest BCUT2D eigenvalue weighted by molar-refractivity contribution is 6.83. The molecule has 1 aliphatic heterocycles. The zero-order valence-corrected chi connectivity index (χ0v) is 19.0. The Labute approximate surface area is 183 Å². The van der Waals surface area contributed by atoms with Crippen molar-refractivity contribution in [1.29, 1.82) is 5.26 Å².